The fourth-order valence-electron chi connectivity index (χ4n) is 2.71. The maximum atomic E-state index is 12.2. The van der Waals surface area contributed by atoms with Gasteiger partial charge in [0.1, 0.15) is 9.90 Å². The number of rotatable bonds is 6. The van der Waals surface area contributed by atoms with Crippen LogP contribution in [0.25, 0.3) is 0 Å². The number of carbonyl (C=O) groups is 1. The van der Waals surface area contributed by atoms with E-state index in [-0.39, 0.29) is 22.1 Å². The van der Waals surface area contributed by atoms with Gasteiger partial charge in [-0.1, -0.05) is 19.8 Å². The number of hydrogen-bond donors (Lipinski definition) is 2. The monoisotopic (exact) mass is 330 g/mol. The average Bonchev–Trinajstić information content (AvgIpc) is 3.03. The molecule has 1 fully saturated rings. The number of carbonyl (C=O) groups excluding carboxylic acids is 1. The van der Waals surface area contributed by atoms with Crippen molar-refractivity contribution in [3.63, 3.8) is 0 Å². The standard InChI is InChI=1S/C14H22N2O3S2/c1-3-21(18,19)13-11(15)12(9(2)17)20-14(13)16-8-10-6-4-5-7-10/h10,16H,3-8,15H2,1-2H3. The van der Waals surface area contributed by atoms with Gasteiger partial charge < -0.3 is 11.1 Å². The van der Waals surface area contributed by atoms with Gasteiger partial charge in [0.25, 0.3) is 0 Å². The van der Waals surface area contributed by atoms with E-state index in [4.69, 9.17) is 5.73 Å². The highest BCUT2D eigenvalue weighted by atomic mass is 32.2. The molecule has 7 heteroatoms. The van der Waals surface area contributed by atoms with E-state index in [1.165, 1.54) is 32.6 Å². The van der Waals surface area contributed by atoms with Crippen LogP contribution in [0.2, 0.25) is 0 Å². The van der Waals surface area contributed by atoms with E-state index in [9.17, 15) is 13.2 Å². The second-order valence-corrected chi connectivity index (χ2v) is 8.73. The molecule has 1 aliphatic rings. The van der Waals surface area contributed by atoms with Crippen LogP contribution in [0.3, 0.4) is 0 Å². The Hall–Kier alpha value is -1.08. The molecule has 21 heavy (non-hydrogen) atoms. The summed E-state index contributed by atoms with van der Waals surface area (Å²) in [6, 6.07) is 0. The highest BCUT2D eigenvalue weighted by molar-refractivity contribution is 7.91. The Morgan fingerprint density at radius 2 is 2.00 bits per heavy atom. The molecule has 0 aliphatic heterocycles. The van der Waals surface area contributed by atoms with Gasteiger partial charge in [0.05, 0.1) is 16.3 Å². The third-order valence-electron chi connectivity index (χ3n) is 3.94. The quantitative estimate of drug-likeness (QED) is 0.783. The molecule has 0 unspecified atom stereocenters. The van der Waals surface area contributed by atoms with E-state index in [2.05, 4.69) is 5.32 Å². The summed E-state index contributed by atoms with van der Waals surface area (Å²) in [7, 11) is -3.45. The normalized spacial score (nSPS) is 16.3. The molecular weight excluding hydrogens is 308 g/mol. The predicted molar refractivity (Wildman–Crippen MR) is 86.9 cm³/mol. The molecule has 3 N–H and O–H groups in total. The first kappa shape index (κ1) is 16.3. The molecule has 0 radical (unpaired) electrons. The second-order valence-electron chi connectivity index (χ2n) is 5.49. The van der Waals surface area contributed by atoms with Crippen LogP contribution < -0.4 is 11.1 Å². The lowest BCUT2D eigenvalue weighted by Crippen LogP contribution is -2.13. The van der Waals surface area contributed by atoms with Crippen molar-refractivity contribution in [2.45, 2.75) is 44.4 Å². The van der Waals surface area contributed by atoms with Crippen molar-refractivity contribution in [3.8, 4) is 0 Å². The second kappa shape index (κ2) is 6.36. The fraction of sp³-hybridized carbons (Fsp3) is 0.643. The molecule has 1 aliphatic carbocycles. The molecule has 0 amide bonds. The van der Waals surface area contributed by atoms with Crippen LogP contribution in [0.15, 0.2) is 4.90 Å². The van der Waals surface area contributed by atoms with E-state index < -0.39 is 9.84 Å². The van der Waals surface area contributed by atoms with E-state index in [0.717, 1.165) is 17.9 Å². The molecule has 0 aromatic carbocycles. The molecule has 2 rings (SSSR count). The van der Waals surface area contributed by atoms with Crippen molar-refractivity contribution in [3.05, 3.63) is 4.88 Å². The predicted octanol–water partition coefficient (Wildman–Crippen LogP) is 2.93. The molecule has 118 valence electrons. The van der Waals surface area contributed by atoms with Crippen LogP contribution >= 0.6 is 11.3 Å². The zero-order chi connectivity index (χ0) is 15.6. The molecule has 1 heterocycles. The summed E-state index contributed by atoms with van der Waals surface area (Å²) in [6.45, 7) is 3.73. The van der Waals surface area contributed by atoms with E-state index in [0.29, 0.717) is 15.8 Å². The van der Waals surface area contributed by atoms with Gasteiger partial charge in [-0.05, 0) is 18.8 Å². The third kappa shape index (κ3) is 3.40. The largest absolute Gasteiger partial charge is 0.396 e. The Morgan fingerprint density at radius 1 is 1.38 bits per heavy atom. The van der Waals surface area contributed by atoms with Crippen molar-refractivity contribution in [2.24, 2.45) is 5.92 Å². The number of nitrogens with one attached hydrogen (secondary N) is 1. The molecule has 0 spiro atoms. The lowest BCUT2D eigenvalue weighted by atomic mass is 10.1. The van der Waals surface area contributed by atoms with Gasteiger partial charge in [-0.25, -0.2) is 8.42 Å². The first-order valence-electron chi connectivity index (χ1n) is 7.26. The lowest BCUT2D eigenvalue weighted by Gasteiger charge is -2.12. The van der Waals surface area contributed by atoms with Gasteiger partial charge in [-0.15, -0.1) is 11.3 Å². The van der Waals surface area contributed by atoms with Crippen LogP contribution in [0.4, 0.5) is 10.7 Å². The number of ketones is 1. The highest BCUT2D eigenvalue weighted by Crippen LogP contribution is 2.40. The molecule has 1 aromatic rings. The van der Waals surface area contributed by atoms with E-state index >= 15 is 0 Å². The number of Topliss-reactive ketones (excluding diaryl/α,β-unsaturated/α-hetero) is 1. The summed E-state index contributed by atoms with van der Waals surface area (Å²) in [5, 5.41) is 3.74. The zero-order valence-corrected chi connectivity index (χ0v) is 14.1. The Kier molecular flexibility index (Phi) is 4.93. The van der Waals surface area contributed by atoms with Gasteiger partial charge in [-0.3, -0.25) is 4.79 Å². The molecule has 0 atom stereocenters. The minimum absolute atomic E-state index is 0.0244. The number of nitrogens with two attached hydrogens (primary N) is 1. The minimum atomic E-state index is -3.45. The van der Waals surface area contributed by atoms with Gasteiger partial charge in [0.15, 0.2) is 15.6 Å². The fourth-order valence-corrected chi connectivity index (χ4v) is 5.28. The molecular formula is C14H22N2O3S2. The summed E-state index contributed by atoms with van der Waals surface area (Å²) in [4.78, 5) is 12.1. The molecule has 5 nitrogen and oxygen atoms in total. The molecule has 0 saturated heterocycles. The third-order valence-corrected chi connectivity index (χ3v) is 7.14. The Bertz CT molecular complexity index is 629. The summed E-state index contributed by atoms with van der Waals surface area (Å²) < 4.78 is 24.5. The highest BCUT2D eigenvalue weighted by Gasteiger charge is 2.28. The first-order chi connectivity index (χ1) is 9.86. The summed E-state index contributed by atoms with van der Waals surface area (Å²) >= 11 is 1.16. The van der Waals surface area contributed by atoms with Crippen molar-refractivity contribution >= 4 is 37.6 Å². The Morgan fingerprint density at radius 3 is 2.52 bits per heavy atom. The number of hydrogen-bond acceptors (Lipinski definition) is 6. The molecule has 0 bridgehead atoms. The maximum absolute atomic E-state index is 12.2. The minimum Gasteiger partial charge on any atom is -0.396 e. The smallest absolute Gasteiger partial charge is 0.183 e. The van der Waals surface area contributed by atoms with Crippen LogP contribution in [-0.2, 0) is 9.84 Å². The number of sulfone groups is 1. The topological polar surface area (TPSA) is 89.3 Å². The Labute approximate surface area is 129 Å². The summed E-state index contributed by atoms with van der Waals surface area (Å²) in [5.41, 5.74) is 6.02. The summed E-state index contributed by atoms with van der Waals surface area (Å²) in [5.74, 6) is 0.355. The SMILES string of the molecule is CCS(=O)(=O)c1c(NCC2CCCC2)sc(C(C)=O)c1N. The van der Waals surface area contributed by atoms with Gasteiger partial charge in [-0.2, -0.15) is 0 Å². The zero-order valence-electron chi connectivity index (χ0n) is 12.4. The van der Waals surface area contributed by atoms with Crippen molar-refractivity contribution in [2.75, 3.05) is 23.3 Å². The van der Waals surface area contributed by atoms with Crippen LogP contribution in [0.1, 0.15) is 49.2 Å². The van der Waals surface area contributed by atoms with Crippen LogP contribution in [0.5, 0.6) is 0 Å². The average molecular weight is 330 g/mol. The van der Waals surface area contributed by atoms with Crippen molar-refractivity contribution < 1.29 is 13.2 Å². The van der Waals surface area contributed by atoms with Crippen molar-refractivity contribution in [1.82, 2.24) is 0 Å². The van der Waals surface area contributed by atoms with E-state index in [1.807, 2.05) is 0 Å². The number of nitrogen functional groups attached to an aromatic ring is 1. The molecule has 1 saturated carbocycles. The van der Waals surface area contributed by atoms with Crippen LogP contribution in [-0.4, -0.2) is 26.5 Å². The lowest BCUT2D eigenvalue weighted by molar-refractivity contribution is 0.102. The van der Waals surface area contributed by atoms with Crippen LogP contribution in [0, 0.1) is 5.92 Å². The van der Waals surface area contributed by atoms with Gasteiger partial charge >= 0.3 is 0 Å². The van der Waals surface area contributed by atoms with Gasteiger partial charge in [0, 0.05) is 13.5 Å². The number of thiophene rings is 1. The van der Waals surface area contributed by atoms with Gasteiger partial charge in [0.2, 0.25) is 0 Å². The first-order valence-corrected chi connectivity index (χ1v) is 9.73. The number of anilines is 2. The van der Waals surface area contributed by atoms with E-state index in [1.54, 1.807) is 6.92 Å². The molecule has 1 aromatic heterocycles. The Balaban J connectivity index is 2.33. The summed E-state index contributed by atoms with van der Waals surface area (Å²) in [6.07, 6.45) is 4.81. The van der Waals surface area contributed by atoms with Crippen molar-refractivity contribution in [1.29, 1.82) is 0 Å². The maximum Gasteiger partial charge on any atom is 0.183 e.